The van der Waals surface area contributed by atoms with Crippen molar-refractivity contribution in [2.75, 3.05) is 45.9 Å². The fraction of sp³-hybridized carbons (Fsp3) is 0.692. The SMILES string of the molecule is COCCOCCCNc1nc(CCC(=O)OC)cs1. The average Bonchev–Trinajstić information content (AvgIpc) is 2.91. The van der Waals surface area contributed by atoms with E-state index in [0.29, 0.717) is 32.7 Å². The molecule has 114 valence electrons. The normalized spacial score (nSPS) is 10.5. The number of carbonyl (C=O) groups is 1. The highest BCUT2D eigenvalue weighted by atomic mass is 32.1. The summed E-state index contributed by atoms with van der Waals surface area (Å²) in [6.45, 7) is 2.78. The number of thiazole rings is 1. The molecule has 1 aromatic rings. The number of nitrogens with zero attached hydrogens (tertiary/aromatic N) is 1. The minimum Gasteiger partial charge on any atom is -0.469 e. The quantitative estimate of drug-likeness (QED) is 0.496. The Kier molecular flexibility index (Phi) is 8.93. The maximum Gasteiger partial charge on any atom is 0.305 e. The van der Waals surface area contributed by atoms with Crippen molar-refractivity contribution in [1.29, 1.82) is 0 Å². The van der Waals surface area contributed by atoms with E-state index in [1.54, 1.807) is 18.4 Å². The summed E-state index contributed by atoms with van der Waals surface area (Å²) < 4.78 is 14.8. The van der Waals surface area contributed by atoms with Crippen molar-refractivity contribution in [2.45, 2.75) is 19.3 Å². The number of methoxy groups -OCH3 is 2. The molecule has 0 saturated heterocycles. The fourth-order valence-corrected chi connectivity index (χ4v) is 2.22. The van der Waals surface area contributed by atoms with Gasteiger partial charge in [0.25, 0.3) is 0 Å². The van der Waals surface area contributed by atoms with Gasteiger partial charge in [-0.15, -0.1) is 11.3 Å². The lowest BCUT2D eigenvalue weighted by Crippen LogP contribution is -2.08. The van der Waals surface area contributed by atoms with Gasteiger partial charge in [0, 0.05) is 32.1 Å². The van der Waals surface area contributed by atoms with Crippen LogP contribution in [0.4, 0.5) is 5.13 Å². The van der Waals surface area contributed by atoms with Crippen LogP contribution in [0.25, 0.3) is 0 Å². The van der Waals surface area contributed by atoms with Gasteiger partial charge in [0.1, 0.15) is 0 Å². The summed E-state index contributed by atoms with van der Waals surface area (Å²) in [7, 11) is 3.05. The zero-order valence-electron chi connectivity index (χ0n) is 12.0. The number of rotatable bonds is 11. The Labute approximate surface area is 123 Å². The Morgan fingerprint density at radius 1 is 1.35 bits per heavy atom. The van der Waals surface area contributed by atoms with Crippen LogP contribution in [0.1, 0.15) is 18.5 Å². The standard InChI is InChI=1S/C13H22N2O4S/c1-17-8-9-19-7-3-6-14-13-15-11(10-20-13)4-5-12(16)18-2/h10H,3-9H2,1-2H3,(H,14,15). The molecule has 1 aromatic heterocycles. The predicted octanol–water partition coefficient (Wildman–Crippen LogP) is 1.71. The molecule has 0 aliphatic heterocycles. The molecule has 0 saturated carbocycles. The van der Waals surface area contributed by atoms with Crippen LogP contribution in [0.15, 0.2) is 5.38 Å². The number of esters is 1. The van der Waals surface area contributed by atoms with Crippen molar-refractivity contribution in [3.05, 3.63) is 11.1 Å². The number of carbonyl (C=O) groups excluding carboxylic acids is 1. The van der Waals surface area contributed by atoms with Gasteiger partial charge in [-0.05, 0) is 6.42 Å². The van der Waals surface area contributed by atoms with Crippen molar-refractivity contribution in [1.82, 2.24) is 4.98 Å². The van der Waals surface area contributed by atoms with Gasteiger partial charge in [-0.25, -0.2) is 4.98 Å². The third-order valence-corrected chi connectivity index (χ3v) is 3.39. The van der Waals surface area contributed by atoms with E-state index in [0.717, 1.165) is 23.8 Å². The van der Waals surface area contributed by atoms with Crippen LogP contribution in [0.5, 0.6) is 0 Å². The molecule has 6 nitrogen and oxygen atoms in total. The van der Waals surface area contributed by atoms with E-state index in [1.165, 1.54) is 7.11 Å². The van der Waals surface area contributed by atoms with Gasteiger partial charge in [0.15, 0.2) is 5.13 Å². The molecule has 0 aromatic carbocycles. The number of aryl methyl sites for hydroxylation is 1. The molecule has 1 heterocycles. The molecule has 7 heteroatoms. The minimum absolute atomic E-state index is 0.208. The first kappa shape index (κ1) is 16.9. The van der Waals surface area contributed by atoms with Gasteiger partial charge in [-0.3, -0.25) is 4.79 Å². The monoisotopic (exact) mass is 302 g/mol. The summed E-state index contributed by atoms with van der Waals surface area (Å²) in [6, 6.07) is 0. The second-order valence-corrected chi connectivity index (χ2v) is 4.96. The molecule has 0 atom stereocenters. The smallest absolute Gasteiger partial charge is 0.305 e. The third kappa shape index (κ3) is 7.42. The number of anilines is 1. The molecule has 20 heavy (non-hydrogen) atoms. The Morgan fingerprint density at radius 2 is 2.20 bits per heavy atom. The Bertz CT molecular complexity index is 384. The van der Waals surface area contributed by atoms with Crippen molar-refractivity contribution >= 4 is 22.4 Å². The van der Waals surface area contributed by atoms with E-state index in [1.807, 2.05) is 5.38 Å². The first-order valence-electron chi connectivity index (χ1n) is 6.58. The van der Waals surface area contributed by atoms with Crippen LogP contribution < -0.4 is 5.32 Å². The maximum atomic E-state index is 11.0. The Balaban J connectivity index is 2.09. The van der Waals surface area contributed by atoms with E-state index in [2.05, 4.69) is 15.0 Å². The lowest BCUT2D eigenvalue weighted by atomic mass is 10.2. The average molecular weight is 302 g/mol. The summed E-state index contributed by atoms with van der Waals surface area (Å²) in [5, 5.41) is 6.07. The van der Waals surface area contributed by atoms with Crippen LogP contribution >= 0.6 is 11.3 Å². The summed E-state index contributed by atoms with van der Waals surface area (Å²) in [5.74, 6) is -0.208. The maximum absolute atomic E-state index is 11.0. The van der Waals surface area contributed by atoms with Crippen LogP contribution in [0, 0.1) is 0 Å². The summed E-state index contributed by atoms with van der Waals surface area (Å²) >= 11 is 1.55. The Morgan fingerprint density at radius 3 is 2.95 bits per heavy atom. The lowest BCUT2D eigenvalue weighted by Gasteiger charge is -2.04. The number of ether oxygens (including phenoxy) is 3. The highest BCUT2D eigenvalue weighted by molar-refractivity contribution is 7.13. The lowest BCUT2D eigenvalue weighted by molar-refractivity contribution is -0.140. The topological polar surface area (TPSA) is 69.7 Å². The largest absolute Gasteiger partial charge is 0.469 e. The molecule has 0 aliphatic carbocycles. The second-order valence-electron chi connectivity index (χ2n) is 4.11. The highest BCUT2D eigenvalue weighted by Gasteiger charge is 2.05. The first-order chi connectivity index (χ1) is 9.76. The van der Waals surface area contributed by atoms with Crippen LogP contribution in [0.2, 0.25) is 0 Å². The van der Waals surface area contributed by atoms with Crippen molar-refractivity contribution < 1.29 is 19.0 Å². The molecule has 0 fully saturated rings. The fourth-order valence-electron chi connectivity index (χ4n) is 1.45. The van der Waals surface area contributed by atoms with Gasteiger partial charge in [0.2, 0.25) is 0 Å². The molecular formula is C13H22N2O4S. The van der Waals surface area contributed by atoms with E-state index in [-0.39, 0.29) is 5.97 Å². The van der Waals surface area contributed by atoms with Crippen LogP contribution in [-0.4, -0.2) is 51.5 Å². The van der Waals surface area contributed by atoms with E-state index in [4.69, 9.17) is 9.47 Å². The van der Waals surface area contributed by atoms with Crippen molar-refractivity contribution in [2.24, 2.45) is 0 Å². The molecular weight excluding hydrogens is 280 g/mol. The van der Waals surface area contributed by atoms with E-state index < -0.39 is 0 Å². The molecule has 0 aliphatic rings. The summed E-state index contributed by atoms with van der Waals surface area (Å²) in [6.07, 6.45) is 1.90. The zero-order valence-corrected chi connectivity index (χ0v) is 12.8. The number of hydrogen-bond acceptors (Lipinski definition) is 7. The van der Waals surface area contributed by atoms with Crippen LogP contribution in [0.3, 0.4) is 0 Å². The molecule has 0 unspecified atom stereocenters. The van der Waals surface area contributed by atoms with Gasteiger partial charge in [-0.2, -0.15) is 0 Å². The predicted molar refractivity (Wildman–Crippen MR) is 78.3 cm³/mol. The third-order valence-electron chi connectivity index (χ3n) is 2.54. The molecule has 1 N–H and O–H groups in total. The molecule has 0 radical (unpaired) electrons. The van der Waals surface area contributed by atoms with Gasteiger partial charge in [0.05, 0.1) is 32.4 Å². The van der Waals surface area contributed by atoms with Gasteiger partial charge >= 0.3 is 5.97 Å². The van der Waals surface area contributed by atoms with E-state index in [9.17, 15) is 4.79 Å². The molecule has 1 rings (SSSR count). The second kappa shape index (κ2) is 10.6. The highest BCUT2D eigenvalue weighted by Crippen LogP contribution is 2.16. The number of aromatic nitrogens is 1. The van der Waals surface area contributed by atoms with Crippen molar-refractivity contribution in [3.8, 4) is 0 Å². The summed E-state index contributed by atoms with van der Waals surface area (Å²) in [4.78, 5) is 15.4. The molecule has 0 spiro atoms. The molecule has 0 amide bonds. The Hall–Kier alpha value is -1.18. The van der Waals surface area contributed by atoms with Gasteiger partial charge < -0.3 is 19.5 Å². The first-order valence-corrected chi connectivity index (χ1v) is 7.46. The summed E-state index contributed by atoms with van der Waals surface area (Å²) in [5.41, 5.74) is 0.916. The van der Waals surface area contributed by atoms with E-state index >= 15 is 0 Å². The number of nitrogens with one attached hydrogen (secondary N) is 1. The zero-order chi connectivity index (χ0) is 14.6. The minimum atomic E-state index is -0.208. The van der Waals surface area contributed by atoms with Gasteiger partial charge in [-0.1, -0.05) is 0 Å². The number of hydrogen-bond donors (Lipinski definition) is 1. The molecule has 0 bridgehead atoms. The van der Waals surface area contributed by atoms with Crippen molar-refractivity contribution in [3.63, 3.8) is 0 Å². The van der Waals surface area contributed by atoms with Crippen LogP contribution in [-0.2, 0) is 25.4 Å².